The number of imidazole rings is 1. The largest absolute Gasteiger partial charge is 0.310 e. The van der Waals surface area contributed by atoms with E-state index in [9.17, 15) is 0 Å². The van der Waals surface area contributed by atoms with Crippen LogP contribution in [0.2, 0.25) is 0 Å². The predicted molar refractivity (Wildman–Crippen MR) is 267 cm³/mol. The minimum Gasteiger partial charge on any atom is -0.310 e. The summed E-state index contributed by atoms with van der Waals surface area (Å²) in [6.45, 7) is 23.5. The molecular formula is C57H53BN3S+. The highest BCUT2D eigenvalue weighted by atomic mass is 32.2. The summed E-state index contributed by atoms with van der Waals surface area (Å²) in [5, 5.41) is 6.59. The van der Waals surface area contributed by atoms with Crippen LogP contribution in [0.15, 0.2) is 131 Å². The van der Waals surface area contributed by atoms with Gasteiger partial charge in [0.25, 0.3) is 5.65 Å². The maximum absolute atomic E-state index is 2.65. The molecular weight excluding hydrogens is 770 g/mol. The Morgan fingerprint density at radius 1 is 0.548 bits per heavy atom. The van der Waals surface area contributed by atoms with Crippen LogP contribution in [0.3, 0.4) is 0 Å². The third kappa shape index (κ3) is 5.12. The third-order valence-corrected chi connectivity index (χ3v) is 15.5. The quantitative estimate of drug-likeness (QED) is 0.0913. The molecule has 0 unspecified atom stereocenters. The summed E-state index contributed by atoms with van der Waals surface area (Å²) in [7, 11) is 2.25. The predicted octanol–water partition coefficient (Wildman–Crippen LogP) is 12.5. The topological polar surface area (TPSA) is 13.2 Å². The van der Waals surface area contributed by atoms with E-state index in [2.05, 4.69) is 211 Å². The van der Waals surface area contributed by atoms with E-state index in [4.69, 9.17) is 0 Å². The van der Waals surface area contributed by atoms with Gasteiger partial charge in [-0.2, -0.15) is 4.40 Å². The third-order valence-electron chi connectivity index (χ3n) is 14.4. The molecule has 0 saturated heterocycles. The molecule has 12 rings (SSSR count). The normalized spacial score (nSPS) is 14.0. The number of pyridine rings is 1. The van der Waals surface area contributed by atoms with Crippen molar-refractivity contribution in [2.45, 2.75) is 95.3 Å². The van der Waals surface area contributed by atoms with Gasteiger partial charge in [0, 0.05) is 48.1 Å². The van der Waals surface area contributed by atoms with Crippen molar-refractivity contribution < 1.29 is 4.57 Å². The highest BCUT2D eigenvalue weighted by Gasteiger charge is 2.42. The molecule has 2 aliphatic rings. The van der Waals surface area contributed by atoms with Crippen LogP contribution in [0.5, 0.6) is 0 Å². The number of hydrogen-bond acceptors (Lipinski definition) is 1. The number of rotatable bonds is 1. The smallest absolute Gasteiger partial charge is 0.295 e. The highest BCUT2D eigenvalue weighted by Crippen LogP contribution is 2.45. The average molecular weight is 823 g/mol. The van der Waals surface area contributed by atoms with E-state index in [1.165, 1.54) is 125 Å². The summed E-state index contributed by atoms with van der Waals surface area (Å²) in [6.07, 6.45) is 0. The Balaban J connectivity index is 1.24. The van der Waals surface area contributed by atoms with Crippen LogP contribution in [0.25, 0.3) is 77.0 Å². The molecule has 0 spiro atoms. The molecule has 62 heavy (non-hydrogen) atoms. The first-order chi connectivity index (χ1) is 29.5. The highest BCUT2D eigenvalue weighted by molar-refractivity contribution is 8.00. The summed E-state index contributed by atoms with van der Waals surface area (Å²) in [4.78, 5) is 2.71. The van der Waals surface area contributed by atoms with Crippen LogP contribution in [0.4, 0.5) is 0 Å². The zero-order valence-corrected chi connectivity index (χ0v) is 38.7. The first-order valence-corrected chi connectivity index (χ1v) is 23.2. The van der Waals surface area contributed by atoms with Crippen LogP contribution in [-0.4, -0.2) is 15.7 Å². The lowest BCUT2D eigenvalue weighted by atomic mass is 9.35. The SMILES string of the molecule is Cc1cccc2c3ccccc3n3c4c(-c5cc6c7c(c5)-n5c8ccc(C(C)(C)C)cc8c8cc(C(C)(C)C)cc(c85)B7c5cc(C(C)(C)C)ccc5S6)cccc4[n+](C)c3c12. The number of nitrogens with zero attached hydrogens (tertiary/aromatic N) is 3. The molecule has 3 aromatic heterocycles. The first-order valence-electron chi connectivity index (χ1n) is 22.4. The van der Waals surface area contributed by atoms with Gasteiger partial charge in [-0.15, -0.1) is 0 Å². The van der Waals surface area contributed by atoms with Gasteiger partial charge in [0.05, 0.1) is 18.0 Å². The van der Waals surface area contributed by atoms with E-state index in [0.717, 1.165) is 0 Å². The summed E-state index contributed by atoms with van der Waals surface area (Å²) < 4.78 is 7.63. The van der Waals surface area contributed by atoms with Gasteiger partial charge in [0.15, 0.2) is 11.0 Å². The zero-order valence-electron chi connectivity index (χ0n) is 37.9. The van der Waals surface area contributed by atoms with Crippen molar-refractivity contribution in [1.29, 1.82) is 0 Å². The van der Waals surface area contributed by atoms with E-state index in [0.29, 0.717) is 0 Å². The Labute approximate surface area is 369 Å². The molecule has 2 aliphatic heterocycles. The van der Waals surface area contributed by atoms with E-state index in [1.807, 2.05) is 11.8 Å². The maximum Gasteiger partial charge on any atom is 0.295 e. The molecule has 0 aliphatic carbocycles. The summed E-state index contributed by atoms with van der Waals surface area (Å²) in [6, 6.07) is 47.5. The standard InChI is InChI=1S/C57H53BN3S/c1-32-16-14-19-39-38-17-12-13-20-44(38)61-53-37(18-15-21-46(53)59(11)54(61)50(32)39)33-26-47-51-49(27-33)62-48-25-23-35(56(5,6)7)30-42(48)58(51)43-31-36(57(8,9)10)29-41-40-28-34(55(2,3)4)22-24-45(40)60(47)52(41)43/h12-31H,1-11H3/q+1. The van der Waals surface area contributed by atoms with Crippen LogP contribution in [-0.2, 0) is 23.3 Å². The van der Waals surface area contributed by atoms with Gasteiger partial charge in [0.1, 0.15) is 5.52 Å². The van der Waals surface area contributed by atoms with Crippen LogP contribution >= 0.6 is 11.8 Å². The fourth-order valence-corrected chi connectivity index (χ4v) is 12.2. The average Bonchev–Trinajstić information content (AvgIpc) is 3.73. The Morgan fingerprint density at radius 2 is 1.23 bits per heavy atom. The minimum atomic E-state index is -0.0178. The second-order valence-corrected chi connectivity index (χ2v) is 22.5. The van der Waals surface area contributed by atoms with E-state index in [1.54, 1.807) is 0 Å². The Kier molecular flexibility index (Phi) is 7.62. The number of hydrogen-bond donors (Lipinski definition) is 0. The van der Waals surface area contributed by atoms with Crippen LogP contribution < -0.4 is 21.0 Å². The van der Waals surface area contributed by atoms with Crippen molar-refractivity contribution in [1.82, 2.24) is 8.97 Å². The van der Waals surface area contributed by atoms with Crippen molar-refractivity contribution in [2.24, 2.45) is 7.05 Å². The number of para-hydroxylation sites is 2. The molecule has 5 heteroatoms. The molecule has 0 N–H and O–H groups in total. The molecule has 0 saturated carbocycles. The zero-order chi connectivity index (χ0) is 42.9. The van der Waals surface area contributed by atoms with Gasteiger partial charge in [-0.3, -0.25) is 0 Å². The van der Waals surface area contributed by atoms with Crippen LogP contribution in [0.1, 0.15) is 84.6 Å². The molecule has 0 fully saturated rings. The lowest BCUT2D eigenvalue weighted by Gasteiger charge is -2.35. The Bertz CT molecular complexity index is 3640. The van der Waals surface area contributed by atoms with Gasteiger partial charge >= 0.3 is 0 Å². The number of aromatic nitrogens is 3. The van der Waals surface area contributed by atoms with E-state index < -0.39 is 0 Å². The maximum atomic E-state index is 2.65. The van der Waals surface area contributed by atoms with Crippen LogP contribution in [0, 0.1) is 6.92 Å². The second kappa shape index (κ2) is 12.4. The van der Waals surface area contributed by atoms with Gasteiger partial charge in [-0.1, -0.05) is 146 Å². The van der Waals surface area contributed by atoms with Crippen molar-refractivity contribution >= 4 is 95.0 Å². The fourth-order valence-electron chi connectivity index (χ4n) is 11.0. The van der Waals surface area contributed by atoms with Gasteiger partial charge in [-0.05, 0) is 117 Å². The summed E-state index contributed by atoms with van der Waals surface area (Å²) in [5.41, 5.74) is 21.1. The Hall–Kier alpha value is -5.78. The summed E-state index contributed by atoms with van der Waals surface area (Å²) in [5.74, 6) is 0. The minimum absolute atomic E-state index is 0.0178. The molecule has 0 atom stereocenters. The molecule has 0 bridgehead atoms. The van der Waals surface area contributed by atoms with Crippen molar-refractivity contribution in [2.75, 3.05) is 0 Å². The van der Waals surface area contributed by atoms with Gasteiger partial charge < -0.3 is 4.57 Å². The fraction of sp³-hybridized carbons (Fsp3) is 0.246. The van der Waals surface area contributed by atoms with E-state index >= 15 is 0 Å². The number of fused-ring (bicyclic) bond motifs is 15. The lowest BCUT2D eigenvalue weighted by Crippen LogP contribution is -2.59. The molecule has 0 radical (unpaired) electrons. The molecule has 5 heterocycles. The monoisotopic (exact) mass is 822 g/mol. The first kappa shape index (κ1) is 37.9. The molecule has 0 amide bonds. The number of benzene rings is 7. The van der Waals surface area contributed by atoms with Gasteiger partial charge in [0.2, 0.25) is 6.71 Å². The summed E-state index contributed by atoms with van der Waals surface area (Å²) >= 11 is 1.96. The lowest BCUT2D eigenvalue weighted by molar-refractivity contribution is -0.617. The van der Waals surface area contributed by atoms with Crippen molar-refractivity contribution in [3.63, 3.8) is 0 Å². The molecule has 3 nitrogen and oxygen atoms in total. The Morgan fingerprint density at radius 3 is 2.00 bits per heavy atom. The second-order valence-electron chi connectivity index (χ2n) is 21.4. The number of aryl methyl sites for hydroxylation is 2. The van der Waals surface area contributed by atoms with Crippen molar-refractivity contribution in [3.8, 4) is 16.8 Å². The molecule has 7 aromatic carbocycles. The molecule has 10 aromatic rings. The molecule has 304 valence electrons. The van der Waals surface area contributed by atoms with E-state index in [-0.39, 0.29) is 23.0 Å². The van der Waals surface area contributed by atoms with Crippen molar-refractivity contribution in [3.05, 3.63) is 144 Å². The van der Waals surface area contributed by atoms with Gasteiger partial charge in [-0.25, -0.2) is 4.57 Å².